The summed E-state index contributed by atoms with van der Waals surface area (Å²) in [6.45, 7) is 0. The fraction of sp³-hybridized carbons (Fsp3) is 0. The molecular weight excluding hydrogens is 553 g/mol. The monoisotopic (exact) mass is 582 g/mol. The quantitative estimate of drug-likeness (QED) is 0.143. The summed E-state index contributed by atoms with van der Waals surface area (Å²) in [4.78, 5) is 0. The van der Waals surface area contributed by atoms with Crippen LogP contribution in [-0.4, -0.2) is 0 Å². The van der Waals surface area contributed by atoms with Crippen LogP contribution in [-0.2, 0) is 0 Å². The first kappa shape index (κ1) is 26.4. The zero-order valence-electron chi connectivity index (χ0n) is 25.3. The zero-order chi connectivity index (χ0) is 30.5. The molecule has 0 radical (unpaired) electrons. The van der Waals surface area contributed by atoms with E-state index < -0.39 is 0 Å². The molecule has 0 unspecified atom stereocenters. The molecule has 0 nitrogen and oxygen atoms in total. The van der Waals surface area contributed by atoms with Crippen molar-refractivity contribution in [2.75, 3.05) is 0 Å². The molecule has 46 heavy (non-hydrogen) atoms. The third-order valence-corrected chi connectivity index (χ3v) is 9.41. The summed E-state index contributed by atoms with van der Waals surface area (Å²) in [5.41, 5.74) is 9.98. The van der Waals surface area contributed by atoms with Crippen molar-refractivity contribution in [2.24, 2.45) is 0 Å². The molecule has 0 bridgehead atoms. The Morgan fingerprint density at radius 2 is 0.696 bits per heavy atom. The van der Waals surface area contributed by atoms with E-state index in [1.165, 1.54) is 87.6 Å². The highest BCUT2D eigenvalue weighted by atomic mass is 14.2. The average molecular weight is 583 g/mol. The molecule has 9 rings (SSSR count). The number of hydrogen-bond acceptors (Lipinski definition) is 0. The number of rotatable bonds is 4. The van der Waals surface area contributed by atoms with Gasteiger partial charge in [0.1, 0.15) is 0 Å². The molecule has 0 spiro atoms. The molecule has 214 valence electrons. The lowest BCUT2D eigenvalue weighted by molar-refractivity contribution is 1.61. The molecule has 0 aromatic heterocycles. The lowest BCUT2D eigenvalue weighted by Gasteiger charge is -2.20. The predicted molar refractivity (Wildman–Crippen MR) is 198 cm³/mol. The summed E-state index contributed by atoms with van der Waals surface area (Å²) in [7, 11) is 0. The van der Waals surface area contributed by atoms with E-state index in [-0.39, 0.29) is 0 Å². The Hall–Kier alpha value is -5.98. The van der Waals surface area contributed by atoms with Gasteiger partial charge in [-0.1, -0.05) is 164 Å². The summed E-state index contributed by atoms with van der Waals surface area (Å²) in [6, 6.07) is 66.5. The molecular formula is C46H30. The van der Waals surface area contributed by atoms with Crippen LogP contribution >= 0.6 is 0 Å². The van der Waals surface area contributed by atoms with Crippen molar-refractivity contribution in [1.29, 1.82) is 0 Å². The van der Waals surface area contributed by atoms with Gasteiger partial charge < -0.3 is 0 Å². The highest BCUT2D eigenvalue weighted by Gasteiger charge is 2.19. The molecule has 0 heteroatoms. The summed E-state index contributed by atoms with van der Waals surface area (Å²) < 4.78 is 0. The van der Waals surface area contributed by atoms with Crippen molar-refractivity contribution in [2.45, 2.75) is 0 Å². The molecule has 9 aromatic rings. The molecule has 0 aliphatic carbocycles. The number of hydrogen-bond donors (Lipinski definition) is 0. The second-order valence-corrected chi connectivity index (χ2v) is 12.1. The lowest BCUT2D eigenvalue weighted by Crippen LogP contribution is -1.92. The molecule has 9 aromatic carbocycles. The maximum Gasteiger partial charge on any atom is -0.00141 e. The first-order chi connectivity index (χ1) is 22.8. The van der Waals surface area contributed by atoms with E-state index in [2.05, 4.69) is 182 Å². The topological polar surface area (TPSA) is 0 Å². The minimum Gasteiger partial charge on any atom is -0.0622 e. The van der Waals surface area contributed by atoms with Crippen molar-refractivity contribution >= 4 is 43.1 Å². The Labute approximate surface area is 268 Å². The van der Waals surface area contributed by atoms with Crippen molar-refractivity contribution in [3.8, 4) is 44.5 Å². The van der Waals surface area contributed by atoms with Gasteiger partial charge in [0.15, 0.2) is 0 Å². The predicted octanol–water partition coefficient (Wildman–Crippen LogP) is 13.0. The van der Waals surface area contributed by atoms with Gasteiger partial charge >= 0.3 is 0 Å². The SMILES string of the molecule is c1ccc(-c2cccc(-c3c4ccccc4c(-c4ccc5cc(-c6ccccc6)ccc5c4)c4ccc5ccccc5c34)c2)cc1. The summed E-state index contributed by atoms with van der Waals surface area (Å²) in [5.74, 6) is 0. The molecule has 0 amide bonds. The van der Waals surface area contributed by atoms with E-state index in [9.17, 15) is 0 Å². The molecule has 0 aliphatic rings. The van der Waals surface area contributed by atoms with E-state index in [4.69, 9.17) is 0 Å². The van der Waals surface area contributed by atoms with E-state index in [0.717, 1.165) is 0 Å². The van der Waals surface area contributed by atoms with Crippen LogP contribution in [0.15, 0.2) is 182 Å². The minimum atomic E-state index is 1.23. The van der Waals surface area contributed by atoms with Crippen LogP contribution in [0.1, 0.15) is 0 Å². The highest BCUT2D eigenvalue weighted by molar-refractivity contribution is 6.28. The first-order valence-corrected chi connectivity index (χ1v) is 15.9. The van der Waals surface area contributed by atoms with Crippen molar-refractivity contribution < 1.29 is 0 Å². The van der Waals surface area contributed by atoms with Gasteiger partial charge in [0.25, 0.3) is 0 Å². The van der Waals surface area contributed by atoms with Gasteiger partial charge in [0.2, 0.25) is 0 Å². The fourth-order valence-electron chi connectivity index (χ4n) is 7.26. The maximum atomic E-state index is 2.37. The second kappa shape index (κ2) is 10.9. The zero-order valence-corrected chi connectivity index (χ0v) is 25.3. The molecule has 0 atom stereocenters. The van der Waals surface area contributed by atoms with Crippen LogP contribution in [0.25, 0.3) is 87.6 Å². The van der Waals surface area contributed by atoms with Crippen molar-refractivity contribution in [3.63, 3.8) is 0 Å². The first-order valence-electron chi connectivity index (χ1n) is 15.9. The van der Waals surface area contributed by atoms with Crippen LogP contribution < -0.4 is 0 Å². The van der Waals surface area contributed by atoms with E-state index in [1.807, 2.05) is 0 Å². The second-order valence-electron chi connectivity index (χ2n) is 12.1. The van der Waals surface area contributed by atoms with Crippen LogP contribution in [0.4, 0.5) is 0 Å². The van der Waals surface area contributed by atoms with Gasteiger partial charge in [-0.25, -0.2) is 0 Å². The van der Waals surface area contributed by atoms with Gasteiger partial charge in [-0.05, 0) is 106 Å². The average Bonchev–Trinajstić information content (AvgIpc) is 3.14. The Balaban J connectivity index is 1.34. The standard InChI is InChI=1S/C46H30/c1-3-12-31(13-4-1)34-17-11-18-38(29-34)45-42-21-10-9-20-41(42)44(43-27-26-33-16-7-8-19-40(33)46(43)45)39-25-24-36-28-35(22-23-37(36)30-39)32-14-5-2-6-15-32/h1-30H. The van der Waals surface area contributed by atoms with Crippen molar-refractivity contribution in [1.82, 2.24) is 0 Å². The maximum absolute atomic E-state index is 2.37. The molecule has 0 N–H and O–H groups in total. The van der Waals surface area contributed by atoms with Gasteiger partial charge in [-0.3, -0.25) is 0 Å². The highest BCUT2D eigenvalue weighted by Crippen LogP contribution is 2.47. The Kier molecular flexibility index (Phi) is 6.25. The molecule has 0 heterocycles. The van der Waals surface area contributed by atoms with Crippen LogP contribution in [0.5, 0.6) is 0 Å². The Bertz CT molecular complexity index is 2560. The Morgan fingerprint density at radius 1 is 0.217 bits per heavy atom. The molecule has 0 aliphatic heterocycles. The van der Waals surface area contributed by atoms with Crippen molar-refractivity contribution in [3.05, 3.63) is 182 Å². The summed E-state index contributed by atoms with van der Waals surface area (Å²) >= 11 is 0. The number of benzene rings is 9. The molecule has 0 saturated carbocycles. The third-order valence-electron chi connectivity index (χ3n) is 9.41. The lowest BCUT2D eigenvalue weighted by atomic mass is 9.83. The third kappa shape index (κ3) is 4.38. The molecule has 0 saturated heterocycles. The fourth-order valence-corrected chi connectivity index (χ4v) is 7.26. The van der Waals surface area contributed by atoms with Crippen LogP contribution in [0.3, 0.4) is 0 Å². The van der Waals surface area contributed by atoms with E-state index in [1.54, 1.807) is 0 Å². The normalized spacial score (nSPS) is 11.5. The Morgan fingerprint density at radius 3 is 1.41 bits per heavy atom. The minimum absolute atomic E-state index is 1.23. The summed E-state index contributed by atoms with van der Waals surface area (Å²) in [5, 5.41) is 10.1. The van der Waals surface area contributed by atoms with Gasteiger partial charge in [-0.2, -0.15) is 0 Å². The van der Waals surface area contributed by atoms with Crippen LogP contribution in [0, 0.1) is 0 Å². The van der Waals surface area contributed by atoms with Gasteiger partial charge in [0, 0.05) is 0 Å². The molecule has 0 fully saturated rings. The number of fused-ring (bicyclic) bond motifs is 5. The van der Waals surface area contributed by atoms with Crippen LogP contribution in [0.2, 0.25) is 0 Å². The largest absolute Gasteiger partial charge is 0.0622 e. The van der Waals surface area contributed by atoms with E-state index >= 15 is 0 Å². The van der Waals surface area contributed by atoms with Gasteiger partial charge in [-0.15, -0.1) is 0 Å². The smallest absolute Gasteiger partial charge is 0.00141 e. The van der Waals surface area contributed by atoms with Gasteiger partial charge in [0.05, 0.1) is 0 Å². The summed E-state index contributed by atoms with van der Waals surface area (Å²) in [6.07, 6.45) is 0. The van der Waals surface area contributed by atoms with E-state index in [0.29, 0.717) is 0 Å².